The molecule has 0 spiro atoms. The largest absolute Gasteiger partial charge is 0.534 e. The van der Waals surface area contributed by atoms with Crippen molar-refractivity contribution in [1.29, 1.82) is 0 Å². The van der Waals surface area contributed by atoms with E-state index in [1.54, 1.807) is 0 Å². The molecule has 0 bridgehead atoms. The van der Waals surface area contributed by atoms with Gasteiger partial charge in [-0.2, -0.15) is 26.3 Å². The first kappa shape index (κ1) is 12.4. The van der Waals surface area contributed by atoms with Gasteiger partial charge >= 0.3 is 23.4 Å². The van der Waals surface area contributed by atoms with E-state index in [1.165, 1.54) is 0 Å². The fraction of sp³-hybridized carbons (Fsp3) is 1.00. The normalized spacial score (nSPS) is 39.9. The Morgan fingerprint density at radius 1 is 0.688 bits per heavy atom. The van der Waals surface area contributed by atoms with Gasteiger partial charge in [-0.15, -0.1) is 0 Å². The van der Waals surface area contributed by atoms with E-state index < -0.39 is 33.3 Å². The second kappa shape index (κ2) is 2.55. The third-order valence-electron chi connectivity index (χ3n) is 2.17. The third kappa shape index (κ3) is 0.745. The van der Waals surface area contributed by atoms with E-state index in [9.17, 15) is 46.6 Å². The second-order valence-electron chi connectivity index (χ2n) is 2.91. The number of hydrogen-bond donors (Lipinski definition) is 0. The van der Waals surface area contributed by atoms with Gasteiger partial charge in [0.1, 0.15) is 0 Å². The van der Waals surface area contributed by atoms with Gasteiger partial charge in [0.05, 0.1) is 9.85 Å². The SMILES string of the molecule is O=[N+]([O-])C1(F)C(F)(F)C(F)(F)C1(F)[N+](=O)[O-]. The minimum Gasteiger partial charge on any atom is -0.261 e. The minimum absolute atomic E-state index is 2.77. The lowest BCUT2D eigenvalue weighted by molar-refractivity contribution is -0.822. The van der Waals surface area contributed by atoms with E-state index in [2.05, 4.69) is 0 Å². The molecule has 2 atom stereocenters. The molecule has 2 unspecified atom stereocenters. The lowest BCUT2D eigenvalue weighted by Gasteiger charge is -2.45. The molecule has 0 N–H and O–H groups in total. The van der Waals surface area contributed by atoms with E-state index in [0.29, 0.717) is 0 Å². The highest BCUT2D eigenvalue weighted by Gasteiger charge is 3.14. The average Bonchev–Trinajstić information content (AvgIpc) is 2.12. The molecular weight excluding hydrogens is 254 g/mol. The Morgan fingerprint density at radius 2 is 0.875 bits per heavy atom. The molecular formula is C4F6N2O4. The van der Waals surface area contributed by atoms with Gasteiger partial charge in [-0.25, -0.2) is 0 Å². The summed E-state index contributed by atoms with van der Waals surface area (Å²) in [6.45, 7) is 0. The molecule has 1 saturated carbocycles. The van der Waals surface area contributed by atoms with Gasteiger partial charge < -0.3 is 0 Å². The van der Waals surface area contributed by atoms with Crippen LogP contribution in [0.3, 0.4) is 0 Å². The first-order valence-electron chi connectivity index (χ1n) is 3.31. The quantitative estimate of drug-likeness (QED) is 0.320. The van der Waals surface area contributed by atoms with Crippen LogP contribution in [-0.2, 0) is 0 Å². The number of nitro groups is 2. The smallest absolute Gasteiger partial charge is 0.261 e. The second-order valence-corrected chi connectivity index (χ2v) is 2.91. The van der Waals surface area contributed by atoms with Crippen molar-refractivity contribution < 1.29 is 36.2 Å². The Morgan fingerprint density at radius 3 is 1.00 bits per heavy atom. The maximum atomic E-state index is 12.9. The Balaban J connectivity index is 3.51. The summed E-state index contributed by atoms with van der Waals surface area (Å²) in [6, 6.07) is 0. The van der Waals surface area contributed by atoms with Crippen LogP contribution in [-0.4, -0.2) is 33.3 Å². The molecule has 1 aliphatic carbocycles. The predicted octanol–water partition coefficient (Wildman–Crippen LogP) is 1.16. The van der Waals surface area contributed by atoms with Gasteiger partial charge in [-0.05, 0) is 0 Å². The molecule has 12 heteroatoms. The number of hydrogen-bond acceptors (Lipinski definition) is 4. The van der Waals surface area contributed by atoms with Crippen LogP contribution in [0.5, 0.6) is 0 Å². The van der Waals surface area contributed by atoms with Crippen molar-refractivity contribution in [3.05, 3.63) is 20.2 Å². The Kier molecular flexibility index (Phi) is 1.98. The summed E-state index contributed by atoms with van der Waals surface area (Å²) in [6.07, 6.45) is 0. The molecule has 0 aliphatic heterocycles. The average molecular weight is 254 g/mol. The van der Waals surface area contributed by atoms with Crippen LogP contribution < -0.4 is 0 Å². The predicted molar refractivity (Wildman–Crippen MR) is 31.6 cm³/mol. The molecule has 1 aliphatic rings. The van der Waals surface area contributed by atoms with Gasteiger partial charge in [0.15, 0.2) is 0 Å². The molecule has 0 heterocycles. The third-order valence-corrected chi connectivity index (χ3v) is 2.17. The van der Waals surface area contributed by atoms with E-state index in [0.717, 1.165) is 0 Å². The Labute approximate surface area is 81.1 Å². The lowest BCUT2D eigenvalue weighted by Crippen LogP contribution is -2.90. The van der Waals surface area contributed by atoms with Crippen LogP contribution in [0.25, 0.3) is 0 Å². The number of alkyl halides is 6. The highest BCUT2D eigenvalue weighted by atomic mass is 19.3. The zero-order valence-corrected chi connectivity index (χ0v) is 6.80. The first-order valence-corrected chi connectivity index (χ1v) is 3.31. The summed E-state index contributed by atoms with van der Waals surface area (Å²) in [7, 11) is 0. The summed E-state index contributed by atoms with van der Waals surface area (Å²) in [5, 5.41) is 19.6. The van der Waals surface area contributed by atoms with Gasteiger partial charge in [0.25, 0.3) is 0 Å². The molecule has 0 amide bonds. The van der Waals surface area contributed by atoms with Crippen molar-refractivity contribution in [2.24, 2.45) is 0 Å². The zero-order chi connectivity index (χ0) is 13.2. The summed E-state index contributed by atoms with van der Waals surface area (Å²) >= 11 is 0. The molecule has 0 saturated heterocycles. The fourth-order valence-electron chi connectivity index (χ4n) is 1.24. The monoisotopic (exact) mass is 254 g/mol. The molecule has 0 aromatic carbocycles. The lowest BCUT2D eigenvalue weighted by atomic mass is 9.72. The number of halogens is 6. The van der Waals surface area contributed by atoms with Crippen LogP contribution in [0.1, 0.15) is 0 Å². The molecule has 1 rings (SSSR count). The Bertz CT molecular complexity index is 351. The van der Waals surface area contributed by atoms with Crippen molar-refractivity contribution in [3.63, 3.8) is 0 Å². The van der Waals surface area contributed by atoms with Crippen LogP contribution in [0.4, 0.5) is 26.3 Å². The minimum atomic E-state index is -6.11. The molecule has 6 nitrogen and oxygen atoms in total. The summed E-state index contributed by atoms with van der Waals surface area (Å²) in [5.74, 6) is -23.8. The molecule has 0 radical (unpaired) electrons. The summed E-state index contributed by atoms with van der Waals surface area (Å²) in [4.78, 5) is 14.1. The number of rotatable bonds is 2. The van der Waals surface area contributed by atoms with Crippen molar-refractivity contribution in [2.75, 3.05) is 0 Å². The van der Waals surface area contributed by atoms with Crippen LogP contribution in [0.15, 0.2) is 0 Å². The first-order chi connectivity index (χ1) is 6.89. The molecule has 0 aromatic rings. The molecule has 1 fully saturated rings. The van der Waals surface area contributed by atoms with Crippen LogP contribution in [0.2, 0.25) is 0 Å². The van der Waals surface area contributed by atoms with Gasteiger partial charge in [0.2, 0.25) is 0 Å². The van der Waals surface area contributed by atoms with E-state index in [1.807, 2.05) is 0 Å². The van der Waals surface area contributed by atoms with Crippen LogP contribution >= 0.6 is 0 Å². The maximum absolute atomic E-state index is 12.9. The molecule has 16 heavy (non-hydrogen) atoms. The Hall–Kier alpha value is -1.62. The summed E-state index contributed by atoms with van der Waals surface area (Å²) in [5.41, 5.74) is 0. The van der Waals surface area contributed by atoms with E-state index in [4.69, 9.17) is 0 Å². The van der Waals surface area contributed by atoms with Crippen molar-refractivity contribution in [1.82, 2.24) is 0 Å². The fourth-order valence-corrected chi connectivity index (χ4v) is 1.24. The highest BCUT2D eigenvalue weighted by Crippen LogP contribution is 2.68. The molecule has 92 valence electrons. The molecule has 0 aromatic heterocycles. The van der Waals surface area contributed by atoms with Crippen LogP contribution in [0, 0.1) is 20.2 Å². The number of nitrogens with zero attached hydrogens (tertiary/aromatic N) is 2. The van der Waals surface area contributed by atoms with Gasteiger partial charge in [0, 0.05) is 0 Å². The van der Waals surface area contributed by atoms with Crippen molar-refractivity contribution in [3.8, 4) is 0 Å². The van der Waals surface area contributed by atoms with Crippen molar-refractivity contribution in [2.45, 2.75) is 23.4 Å². The highest BCUT2D eigenvalue weighted by molar-refractivity contribution is 5.22. The maximum Gasteiger partial charge on any atom is 0.534 e. The van der Waals surface area contributed by atoms with Crippen molar-refractivity contribution >= 4 is 0 Å². The van der Waals surface area contributed by atoms with E-state index >= 15 is 0 Å². The van der Waals surface area contributed by atoms with Gasteiger partial charge in [-0.3, -0.25) is 20.2 Å². The standard InChI is InChI=1S/C4F6N2O4/c5-1(6)2(7,8)4(10,12(15)16)3(1,9)11(13)14. The van der Waals surface area contributed by atoms with Gasteiger partial charge in [-0.1, -0.05) is 0 Å². The summed E-state index contributed by atoms with van der Waals surface area (Å²) < 4.78 is 75.2. The topological polar surface area (TPSA) is 86.3 Å². The zero-order valence-electron chi connectivity index (χ0n) is 6.80. The van der Waals surface area contributed by atoms with E-state index in [-0.39, 0.29) is 0 Å².